The second-order valence-electron chi connectivity index (χ2n) is 8.02. The summed E-state index contributed by atoms with van der Waals surface area (Å²) in [6.45, 7) is 11.1. The Labute approximate surface area is 171 Å². The van der Waals surface area contributed by atoms with E-state index in [-0.39, 0.29) is 0 Å². The van der Waals surface area contributed by atoms with Crippen molar-refractivity contribution < 1.29 is 0 Å². The Morgan fingerprint density at radius 3 is 1.59 bits per heavy atom. The number of unbranched alkanes of at least 4 members (excludes halogenated alkanes) is 3. The van der Waals surface area contributed by atoms with Crippen molar-refractivity contribution in [3.05, 3.63) is 29.7 Å². The van der Waals surface area contributed by atoms with Gasteiger partial charge in [0.25, 0.3) is 0 Å². The van der Waals surface area contributed by atoms with E-state index in [4.69, 9.17) is 0 Å². The van der Waals surface area contributed by atoms with E-state index in [9.17, 15) is 0 Å². The average Bonchev–Trinajstić information content (AvgIpc) is 3.19. The van der Waals surface area contributed by atoms with E-state index in [1.165, 1.54) is 57.5 Å². The number of nitrogens with zero attached hydrogens (tertiary/aromatic N) is 4. The average molecular weight is 481 g/mol. The Balaban J connectivity index is 0.000000433. The summed E-state index contributed by atoms with van der Waals surface area (Å²) in [5.41, 5.74) is 2.29. The molecule has 2 heterocycles. The molecular weight excluding hydrogens is 439 g/mol. The van der Waals surface area contributed by atoms with Crippen LogP contribution in [0.3, 0.4) is 0 Å². The quantitative estimate of drug-likeness (QED) is 0.420. The summed E-state index contributed by atoms with van der Waals surface area (Å²) in [4.78, 5) is 0. The van der Waals surface area contributed by atoms with E-state index < -0.39 is 18.4 Å². The van der Waals surface area contributed by atoms with E-state index in [2.05, 4.69) is 55.7 Å². The smallest absolute Gasteiger partial charge is 0.0593 e. The van der Waals surface area contributed by atoms with Crippen molar-refractivity contribution in [2.24, 2.45) is 14.1 Å². The van der Waals surface area contributed by atoms with Crippen LogP contribution in [0, 0.1) is 13.8 Å². The SMILES string of the molecule is CCC[CH2][Sn]([CH2]CCC)([CH2]CCC)[c]1cc(C)nn1C.Cc1ccn(C)n1. The van der Waals surface area contributed by atoms with Crippen LogP contribution in [0.4, 0.5) is 0 Å². The molecule has 0 bridgehead atoms. The summed E-state index contributed by atoms with van der Waals surface area (Å²) in [6, 6.07) is 4.40. The Kier molecular flexibility index (Phi) is 11.3. The molecule has 0 unspecified atom stereocenters. The summed E-state index contributed by atoms with van der Waals surface area (Å²) in [5, 5.41) is 8.70. The summed E-state index contributed by atoms with van der Waals surface area (Å²) in [5.74, 6) is 0. The number of aryl methyl sites for hydroxylation is 4. The van der Waals surface area contributed by atoms with Gasteiger partial charge in [-0.15, -0.1) is 0 Å². The molecule has 0 radical (unpaired) electrons. The Hall–Kier alpha value is -0.781. The molecule has 5 heteroatoms. The van der Waals surface area contributed by atoms with E-state index in [1.807, 2.05) is 26.2 Å². The van der Waals surface area contributed by atoms with Crippen LogP contribution in [-0.2, 0) is 14.1 Å². The third-order valence-electron chi connectivity index (χ3n) is 5.42. The van der Waals surface area contributed by atoms with Gasteiger partial charge >= 0.3 is 130 Å². The Morgan fingerprint density at radius 1 is 0.815 bits per heavy atom. The molecule has 0 N–H and O–H groups in total. The first-order valence-corrected chi connectivity index (χ1v) is 18.3. The molecular formula is C22H42N4Sn. The first-order valence-electron chi connectivity index (χ1n) is 10.9. The van der Waals surface area contributed by atoms with Crippen molar-refractivity contribution >= 4 is 22.1 Å². The maximum atomic E-state index is 4.67. The van der Waals surface area contributed by atoms with E-state index in [0.717, 1.165) is 5.69 Å². The van der Waals surface area contributed by atoms with Crippen molar-refractivity contribution in [3.63, 3.8) is 0 Å². The van der Waals surface area contributed by atoms with Gasteiger partial charge in [-0.1, -0.05) is 0 Å². The van der Waals surface area contributed by atoms with Crippen molar-refractivity contribution in [1.29, 1.82) is 0 Å². The van der Waals surface area contributed by atoms with Crippen LogP contribution in [-0.4, -0.2) is 37.9 Å². The number of hydrogen-bond donors (Lipinski definition) is 0. The first-order chi connectivity index (χ1) is 12.9. The molecule has 0 spiro atoms. The minimum Gasteiger partial charge on any atom is -0.276 e. The second kappa shape index (κ2) is 12.6. The van der Waals surface area contributed by atoms with Gasteiger partial charge in [-0.2, -0.15) is 5.10 Å². The van der Waals surface area contributed by atoms with Gasteiger partial charge < -0.3 is 0 Å². The number of hydrogen-bond acceptors (Lipinski definition) is 2. The van der Waals surface area contributed by atoms with E-state index in [0.29, 0.717) is 0 Å². The molecule has 0 amide bonds. The first kappa shape index (κ1) is 24.3. The van der Waals surface area contributed by atoms with E-state index in [1.54, 1.807) is 8.39 Å². The van der Waals surface area contributed by atoms with Crippen molar-refractivity contribution in [3.8, 4) is 0 Å². The molecule has 0 aliphatic carbocycles. The largest absolute Gasteiger partial charge is 0.276 e. The number of rotatable bonds is 10. The molecule has 0 saturated carbocycles. The fourth-order valence-electron chi connectivity index (χ4n) is 3.94. The molecule has 0 aromatic carbocycles. The molecule has 4 nitrogen and oxygen atoms in total. The van der Waals surface area contributed by atoms with Gasteiger partial charge in [-0.3, -0.25) is 4.68 Å². The normalized spacial score (nSPS) is 11.4. The van der Waals surface area contributed by atoms with Gasteiger partial charge in [-0.05, 0) is 13.0 Å². The zero-order valence-electron chi connectivity index (χ0n) is 18.9. The van der Waals surface area contributed by atoms with Crippen molar-refractivity contribution in [2.75, 3.05) is 0 Å². The topological polar surface area (TPSA) is 35.6 Å². The summed E-state index contributed by atoms with van der Waals surface area (Å²) >= 11 is -2.24. The van der Waals surface area contributed by atoms with Gasteiger partial charge in [0.05, 0.1) is 5.69 Å². The maximum Gasteiger partial charge on any atom is 0.0593 e. The molecule has 2 aromatic rings. The second-order valence-corrected chi connectivity index (χ2v) is 21.1. The zero-order chi connectivity index (χ0) is 20.3. The Morgan fingerprint density at radius 2 is 1.33 bits per heavy atom. The molecule has 2 aromatic heterocycles. The summed E-state index contributed by atoms with van der Waals surface area (Å²) in [7, 11) is 4.09. The molecule has 0 fully saturated rings. The number of aromatic nitrogens is 4. The monoisotopic (exact) mass is 482 g/mol. The van der Waals surface area contributed by atoms with Crippen molar-refractivity contribution in [2.45, 2.75) is 86.5 Å². The van der Waals surface area contributed by atoms with Gasteiger partial charge in [-0.25, -0.2) is 0 Å². The van der Waals surface area contributed by atoms with E-state index >= 15 is 0 Å². The summed E-state index contributed by atoms with van der Waals surface area (Å²) in [6.07, 6.45) is 10.2. The van der Waals surface area contributed by atoms with Crippen LogP contribution in [0.1, 0.15) is 70.7 Å². The van der Waals surface area contributed by atoms with Gasteiger partial charge in [0.1, 0.15) is 0 Å². The molecule has 0 saturated heterocycles. The fraction of sp³-hybridized carbons (Fsp3) is 0.727. The Bertz CT molecular complexity index is 606. The predicted molar refractivity (Wildman–Crippen MR) is 120 cm³/mol. The zero-order valence-corrected chi connectivity index (χ0v) is 21.7. The minimum atomic E-state index is -2.24. The third kappa shape index (κ3) is 8.00. The van der Waals surface area contributed by atoms with Gasteiger partial charge in [0, 0.05) is 13.2 Å². The fourth-order valence-corrected chi connectivity index (χ4v) is 20.7. The van der Waals surface area contributed by atoms with Crippen LogP contribution in [0.15, 0.2) is 18.3 Å². The van der Waals surface area contributed by atoms with Crippen LogP contribution in [0.5, 0.6) is 0 Å². The van der Waals surface area contributed by atoms with Crippen LogP contribution < -0.4 is 3.71 Å². The van der Waals surface area contributed by atoms with Crippen LogP contribution in [0.25, 0.3) is 0 Å². The van der Waals surface area contributed by atoms with Gasteiger partial charge in [0.2, 0.25) is 0 Å². The molecule has 0 aliphatic rings. The summed E-state index contributed by atoms with van der Waals surface area (Å²) < 4.78 is 10.3. The van der Waals surface area contributed by atoms with Gasteiger partial charge in [0.15, 0.2) is 0 Å². The molecule has 0 atom stereocenters. The molecule has 0 aliphatic heterocycles. The minimum absolute atomic E-state index is 1.07. The standard InChI is InChI=1S/C5H8N2.C5H7N2.3C4H9.Sn/c2*1-5-3-4-7(2)6-5;3*1-3-4-2;/h3-4H,1-2H3;3H,1-2H3;3*1,3-4H2,2H3;. The molecule has 154 valence electrons. The van der Waals surface area contributed by atoms with Crippen molar-refractivity contribution in [1.82, 2.24) is 19.6 Å². The maximum absolute atomic E-state index is 4.67. The molecule has 2 rings (SSSR count). The predicted octanol–water partition coefficient (Wildman–Crippen LogP) is 5.51. The third-order valence-corrected chi connectivity index (χ3v) is 21.1. The van der Waals surface area contributed by atoms with Crippen LogP contribution >= 0.6 is 0 Å². The van der Waals surface area contributed by atoms with Crippen LogP contribution in [0.2, 0.25) is 13.3 Å². The molecule has 27 heavy (non-hydrogen) atoms.